The molecule has 0 radical (unpaired) electrons. The van der Waals surface area contributed by atoms with Crippen molar-refractivity contribution in [3.05, 3.63) is 34.9 Å². The second-order valence-electron chi connectivity index (χ2n) is 3.01. The van der Waals surface area contributed by atoms with Gasteiger partial charge in [0.2, 0.25) is 0 Å². The van der Waals surface area contributed by atoms with Gasteiger partial charge in [-0.15, -0.1) is 0 Å². The zero-order valence-electron chi connectivity index (χ0n) is 7.93. The van der Waals surface area contributed by atoms with Gasteiger partial charge in [-0.2, -0.15) is 0 Å². The first kappa shape index (κ1) is 10.5. The van der Waals surface area contributed by atoms with Crippen molar-refractivity contribution < 1.29 is 4.79 Å². The van der Waals surface area contributed by atoms with Gasteiger partial charge in [-0.05, 0) is 18.1 Å². The van der Waals surface area contributed by atoms with Crippen LogP contribution in [0.15, 0.2) is 18.2 Å². The lowest BCUT2D eigenvalue weighted by Crippen LogP contribution is -2.02. The maximum Gasteiger partial charge on any atom is 0.162 e. The van der Waals surface area contributed by atoms with Crippen LogP contribution < -0.4 is 0 Å². The Labute approximate surface area is 87.3 Å². The Balaban J connectivity index is 3.20. The molecule has 2 heteroatoms. The van der Waals surface area contributed by atoms with Gasteiger partial charge in [-0.3, -0.25) is 4.79 Å². The van der Waals surface area contributed by atoms with Gasteiger partial charge in [-0.25, -0.2) is 0 Å². The van der Waals surface area contributed by atoms with E-state index < -0.39 is 0 Å². The molecule has 0 aliphatic rings. The molecule has 1 aromatic carbocycles. The molecular formula is C11H13BrO. The lowest BCUT2D eigenvalue weighted by atomic mass is 9.99. The predicted octanol–water partition coefficient (Wildman–Crippen LogP) is 3.48. The summed E-state index contributed by atoms with van der Waals surface area (Å²) in [5.41, 5.74) is 3.16. The average molecular weight is 241 g/mol. The van der Waals surface area contributed by atoms with E-state index in [1.165, 1.54) is 5.56 Å². The van der Waals surface area contributed by atoms with Crippen molar-refractivity contribution in [3.8, 4) is 0 Å². The normalized spacial score (nSPS) is 10.1. The summed E-state index contributed by atoms with van der Waals surface area (Å²) in [5.74, 6) is 0.221. The van der Waals surface area contributed by atoms with Crippen LogP contribution in [0.25, 0.3) is 0 Å². The highest BCUT2D eigenvalue weighted by atomic mass is 79.9. The van der Waals surface area contributed by atoms with E-state index in [0.29, 0.717) is 6.42 Å². The van der Waals surface area contributed by atoms with Crippen molar-refractivity contribution >= 4 is 21.7 Å². The van der Waals surface area contributed by atoms with Crippen molar-refractivity contribution in [2.45, 2.75) is 25.6 Å². The number of ketones is 1. The van der Waals surface area contributed by atoms with Crippen molar-refractivity contribution in [1.29, 1.82) is 0 Å². The van der Waals surface area contributed by atoms with Crippen LogP contribution in [-0.4, -0.2) is 5.78 Å². The molecule has 0 atom stereocenters. The monoisotopic (exact) mass is 240 g/mol. The fourth-order valence-corrected chi connectivity index (χ4v) is 2.08. The van der Waals surface area contributed by atoms with Crippen molar-refractivity contribution in [2.75, 3.05) is 0 Å². The van der Waals surface area contributed by atoms with E-state index in [4.69, 9.17) is 0 Å². The van der Waals surface area contributed by atoms with Gasteiger partial charge in [-0.1, -0.05) is 41.1 Å². The van der Waals surface area contributed by atoms with Gasteiger partial charge in [0.15, 0.2) is 5.78 Å². The van der Waals surface area contributed by atoms with Gasteiger partial charge in [0.25, 0.3) is 0 Å². The van der Waals surface area contributed by atoms with Crippen molar-refractivity contribution in [3.63, 3.8) is 0 Å². The SMILES string of the molecule is CCC(=O)c1cccc(C)c1CBr. The fraction of sp³-hybridized carbons (Fsp3) is 0.364. The Bertz CT molecular complexity index is 318. The third-order valence-corrected chi connectivity index (χ3v) is 2.73. The first-order valence-corrected chi connectivity index (χ1v) is 5.50. The predicted molar refractivity (Wildman–Crippen MR) is 58.4 cm³/mol. The van der Waals surface area contributed by atoms with E-state index in [1.54, 1.807) is 0 Å². The molecule has 0 bridgehead atoms. The maximum absolute atomic E-state index is 11.5. The van der Waals surface area contributed by atoms with Gasteiger partial charge in [0.1, 0.15) is 0 Å². The van der Waals surface area contributed by atoms with Crippen LogP contribution in [0.3, 0.4) is 0 Å². The Morgan fingerprint density at radius 2 is 2.15 bits per heavy atom. The number of hydrogen-bond donors (Lipinski definition) is 0. The highest BCUT2D eigenvalue weighted by Crippen LogP contribution is 2.18. The molecule has 0 unspecified atom stereocenters. The third kappa shape index (κ3) is 2.19. The molecule has 0 saturated heterocycles. The smallest absolute Gasteiger partial charge is 0.162 e. The molecule has 0 aliphatic heterocycles. The second kappa shape index (κ2) is 4.56. The second-order valence-corrected chi connectivity index (χ2v) is 3.57. The molecule has 1 nitrogen and oxygen atoms in total. The maximum atomic E-state index is 11.5. The minimum atomic E-state index is 0.221. The number of carbonyl (C=O) groups excluding carboxylic acids is 1. The molecule has 0 saturated carbocycles. The summed E-state index contributed by atoms with van der Waals surface area (Å²) in [6, 6.07) is 5.86. The van der Waals surface area contributed by atoms with E-state index in [9.17, 15) is 4.79 Å². The molecule has 0 fully saturated rings. The molecule has 1 rings (SSSR count). The topological polar surface area (TPSA) is 17.1 Å². The summed E-state index contributed by atoms with van der Waals surface area (Å²) in [4.78, 5) is 11.5. The van der Waals surface area contributed by atoms with E-state index in [2.05, 4.69) is 15.9 Å². The van der Waals surface area contributed by atoms with Crippen molar-refractivity contribution in [1.82, 2.24) is 0 Å². The molecule has 70 valence electrons. The molecule has 0 heterocycles. The summed E-state index contributed by atoms with van der Waals surface area (Å²) in [7, 11) is 0. The van der Waals surface area contributed by atoms with E-state index in [0.717, 1.165) is 16.5 Å². The number of alkyl halides is 1. The zero-order valence-corrected chi connectivity index (χ0v) is 9.52. The Hall–Kier alpha value is -0.630. The van der Waals surface area contributed by atoms with Crippen molar-refractivity contribution in [2.24, 2.45) is 0 Å². The van der Waals surface area contributed by atoms with Crippen LogP contribution in [0.1, 0.15) is 34.8 Å². The summed E-state index contributed by atoms with van der Waals surface area (Å²) in [6.07, 6.45) is 0.573. The number of hydrogen-bond acceptors (Lipinski definition) is 1. The molecule has 0 aromatic heterocycles. The molecule has 0 aliphatic carbocycles. The molecule has 13 heavy (non-hydrogen) atoms. The van der Waals surface area contributed by atoms with E-state index >= 15 is 0 Å². The van der Waals surface area contributed by atoms with E-state index in [-0.39, 0.29) is 5.78 Å². The molecule has 0 N–H and O–H groups in total. The fourth-order valence-electron chi connectivity index (χ4n) is 1.33. The van der Waals surface area contributed by atoms with Crippen LogP contribution in [-0.2, 0) is 5.33 Å². The third-order valence-electron chi connectivity index (χ3n) is 2.17. The number of carbonyl (C=O) groups is 1. The highest BCUT2D eigenvalue weighted by molar-refractivity contribution is 9.08. The summed E-state index contributed by atoms with van der Waals surface area (Å²) < 4.78 is 0. The number of Topliss-reactive ketones (excluding diaryl/α,β-unsaturated/α-hetero) is 1. The van der Waals surface area contributed by atoms with Gasteiger partial charge >= 0.3 is 0 Å². The zero-order chi connectivity index (χ0) is 9.84. The van der Waals surface area contributed by atoms with Crippen LogP contribution in [0, 0.1) is 6.92 Å². The number of rotatable bonds is 3. The standard InChI is InChI=1S/C11H13BrO/c1-3-11(13)9-6-4-5-8(2)10(9)7-12/h4-6H,3,7H2,1-2H3. The van der Waals surface area contributed by atoms with Crippen LogP contribution >= 0.6 is 15.9 Å². The highest BCUT2D eigenvalue weighted by Gasteiger charge is 2.09. The van der Waals surface area contributed by atoms with Gasteiger partial charge in [0.05, 0.1) is 0 Å². The first-order chi connectivity index (χ1) is 6.20. The lowest BCUT2D eigenvalue weighted by Gasteiger charge is -2.07. The van der Waals surface area contributed by atoms with Crippen LogP contribution in [0.4, 0.5) is 0 Å². The molecule has 0 amide bonds. The minimum Gasteiger partial charge on any atom is -0.294 e. The quantitative estimate of drug-likeness (QED) is 0.584. The molecule has 0 spiro atoms. The lowest BCUT2D eigenvalue weighted by molar-refractivity contribution is 0.0987. The summed E-state index contributed by atoms with van der Waals surface area (Å²) in [6.45, 7) is 3.92. The van der Waals surface area contributed by atoms with E-state index in [1.807, 2.05) is 32.0 Å². The average Bonchev–Trinajstić information content (AvgIpc) is 2.16. The Kier molecular flexibility index (Phi) is 3.67. The van der Waals surface area contributed by atoms with Gasteiger partial charge in [0, 0.05) is 17.3 Å². The summed E-state index contributed by atoms with van der Waals surface area (Å²) >= 11 is 3.40. The van der Waals surface area contributed by atoms with Crippen LogP contribution in [0.2, 0.25) is 0 Å². The molecular weight excluding hydrogens is 228 g/mol. The van der Waals surface area contributed by atoms with Crippen LogP contribution in [0.5, 0.6) is 0 Å². The number of halogens is 1. The largest absolute Gasteiger partial charge is 0.294 e. The Morgan fingerprint density at radius 1 is 1.46 bits per heavy atom. The first-order valence-electron chi connectivity index (χ1n) is 4.38. The Morgan fingerprint density at radius 3 is 2.69 bits per heavy atom. The summed E-state index contributed by atoms with van der Waals surface area (Å²) in [5, 5.41) is 0.751. The number of benzene rings is 1. The number of aryl methyl sites for hydroxylation is 1. The minimum absolute atomic E-state index is 0.221. The molecule has 1 aromatic rings. The van der Waals surface area contributed by atoms with Gasteiger partial charge < -0.3 is 0 Å².